The van der Waals surface area contributed by atoms with E-state index in [-0.39, 0.29) is 36.4 Å². The fourth-order valence-electron chi connectivity index (χ4n) is 4.86. The monoisotopic (exact) mass is 580 g/mol. The molecule has 220 valence electrons. The minimum Gasteiger partial charge on any atom is -0.492 e. The Balaban J connectivity index is 1.23. The van der Waals surface area contributed by atoms with Crippen molar-refractivity contribution in [1.82, 2.24) is 0 Å². The van der Waals surface area contributed by atoms with Gasteiger partial charge in [-0.2, -0.15) is 0 Å². The molecule has 0 bridgehead atoms. The third-order valence-corrected chi connectivity index (χ3v) is 7.31. The Morgan fingerprint density at radius 3 is 2.26 bits per heavy atom. The summed E-state index contributed by atoms with van der Waals surface area (Å²) in [4.78, 5) is 40.2. The zero-order valence-electron chi connectivity index (χ0n) is 23.9. The third kappa shape index (κ3) is 7.46. The van der Waals surface area contributed by atoms with Gasteiger partial charge < -0.3 is 19.7 Å². The number of rotatable bonds is 13. The fourth-order valence-corrected chi connectivity index (χ4v) is 4.86. The van der Waals surface area contributed by atoms with Crippen molar-refractivity contribution in [2.45, 2.75) is 25.3 Å². The predicted molar refractivity (Wildman–Crippen MR) is 163 cm³/mol. The van der Waals surface area contributed by atoms with E-state index in [1.165, 1.54) is 18.1 Å². The molecule has 0 radical (unpaired) electrons. The maximum Gasteiger partial charge on any atom is 0.328 e. The molecule has 1 unspecified atom stereocenters. The molecule has 1 saturated carbocycles. The van der Waals surface area contributed by atoms with Gasteiger partial charge in [0.2, 0.25) is 5.91 Å². The summed E-state index contributed by atoms with van der Waals surface area (Å²) in [5.74, 6) is -0.618. The fraction of sp³-hybridized carbons (Fsp3) is 0.229. The number of para-hydroxylation sites is 2. The summed E-state index contributed by atoms with van der Waals surface area (Å²) in [5, 5.41) is 3.21. The minimum absolute atomic E-state index is 0.0568. The highest BCUT2D eigenvalue weighted by molar-refractivity contribution is 6.12. The van der Waals surface area contributed by atoms with Gasteiger partial charge in [0, 0.05) is 29.2 Å². The molecule has 5 rings (SSSR count). The zero-order chi connectivity index (χ0) is 30.2. The Morgan fingerprint density at radius 2 is 1.56 bits per heavy atom. The van der Waals surface area contributed by atoms with Crippen LogP contribution in [-0.4, -0.2) is 44.0 Å². The number of carbonyl (C=O) groups is 3. The van der Waals surface area contributed by atoms with Crippen molar-refractivity contribution in [3.8, 4) is 5.75 Å². The lowest BCUT2D eigenvalue weighted by atomic mass is 10.00. The predicted octanol–water partition coefficient (Wildman–Crippen LogP) is 6.07. The summed E-state index contributed by atoms with van der Waals surface area (Å²) in [5.41, 5.74) is 2.64. The van der Waals surface area contributed by atoms with Crippen LogP contribution < -0.4 is 15.0 Å². The minimum atomic E-state index is -0.746. The van der Waals surface area contributed by atoms with E-state index in [0.717, 1.165) is 18.4 Å². The summed E-state index contributed by atoms with van der Waals surface area (Å²) in [6.45, 7) is 0.401. The Kier molecular flexibility index (Phi) is 9.46. The van der Waals surface area contributed by atoms with Gasteiger partial charge in [-0.05, 0) is 54.8 Å². The molecule has 1 aliphatic rings. The molecule has 4 aromatic carbocycles. The van der Waals surface area contributed by atoms with E-state index in [9.17, 15) is 18.8 Å². The average Bonchev–Trinajstić information content (AvgIpc) is 3.90. The first-order valence-electron chi connectivity index (χ1n) is 14.3. The number of amides is 1. The van der Waals surface area contributed by atoms with Crippen molar-refractivity contribution in [3.63, 3.8) is 0 Å². The van der Waals surface area contributed by atoms with Crippen LogP contribution >= 0.6 is 0 Å². The first-order valence-corrected chi connectivity index (χ1v) is 14.3. The number of halogens is 1. The summed E-state index contributed by atoms with van der Waals surface area (Å²) < 4.78 is 25.4. The van der Waals surface area contributed by atoms with Gasteiger partial charge in [0.1, 0.15) is 24.2 Å². The number of nitrogens with zero attached hydrogens (tertiary/aromatic N) is 1. The summed E-state index contributed by atoms with van der Waals surface area (Å²) in [6.07, 6.45) is 1.95. The van der Waals surface area contributed by atoms with Crippen LogP contribution in [-0.2, 0) is 20.7 Å². The van der Waals surface area contributed by atoms with Crippen molar-refractivity contribution in [2.24, 2.45) is 5.92 Å². The molecule has 1 amide bonds. The molecule has 1 aliphatic carbocycles. The van der Waals surface area contributed by atoms with Crippen LogP contribution in [0.3, 0.4) is 0 Å². The van der Waals surface area contributed by atoms with Crippen LogP contribution in [0.2, 0.25) is 0 Å². The molecule has 4 aromatic rings. The molecule has 7 nitrogen and oxygen atoms in total. The highest BCUT2D eigenvalue weighted by Gasteiger charge is 2.34. The summed E-state index contributed by atoms with van der Waals surface area (Å²) in [6, 6.07) is 28.8. The number of hydrogen-bond acceptors (Lipinski definition) is 6. The number of hydrogen-bond donors (Lipinski definition) is 1. The lowest BCUT2D eigenvalue weighted by Crippen LogP contribution is -2.36. The van der Waals surface area contributed by atoms with E-state index in [4.69, 9.17) is 9.47 Å². The van der Waals surface area contributed by atoms with Crippen LogP contribution in [0.4, 0.5) is 15.8 Å². The second-order valence-corrected chi connectivity index (χ2v) is 10.4. The lowest BCUT2D eigenvalue weighted by Gasteiger charge is -2.23. The van der Waals surface area contributed by atoms with Crippen LogP contribution in [0.25, 0.3) is 0 Å². The molecule has 0 heterocycles. The normalized spacial score (nSPS) is 13.1. The SMILES string of the molecule is COC(=O)C(Cc1ccc(OCCN(C(=O)C2CC2)c2ccccc2F)cc1)Nc1ccccc1C(=O)c1ccccc1. The molecule has 1 atom stereocenters. The van der Waals surface area contributed by atoms with E-state index >= 15 is 0 Å². The first kappa shape index (κ1) is 29.5. The Bertz CT molecular complexity index is 1570. The number of ketones is 1. The van der Waals surface area contributed by atoms with Crippen LogP contribution in [0.15, 0.2) is 103 Å². The molecule has 1 N–H and O–H groups in total. The van der Waals surface area contributed by atoms with Crippen molar-refractivity contribution in [1.29, 1.82) is 0 Å². The van der Waals surface area contributed by atoms with Gasteiger partial charge in [-0.3, -0.25) is 9.59 Å². The van der Waals surface area contributed by atoms with Crippen molar-refractivity contribution >= 4 is 29.0 Å². The number of ether oxygens (including phenoxy) is 2. The lowest BCUT2D eigenvalue weighted by molar-refractivity contribution is -0.141. The third-order valence-electron chi connectivity index (χ3n) is 7.31. The maximum absolute atomic E-state index is 14.5. The smallest absolute Gasteiger partial charge is 0.328 e. The van der Waals surface area contributed by atoms with Crippen molar-refractivity contribution in [3.05, 3.63) is 126 Å². The van der Waals surface area contributed by atoms with E-state index in [2.05, 4.69) is 5.32 Å². The Morgan fingerprint density at radius 1 is 0.884 bits per heavy atom. The second kappa shape index (κ2) is 13.8. The molecular formula is C35H33FN2O5. The Hall–Kier alpha value is -4.98. The number of nitrogens with one attached hydrogen (secondary N) is 1. The van der Waals surface area contributed by atoms with Crippen molar-refractivity contribution in [2.75, 3.05) is 30.5 Å². The number of anilines is 2. The van der Waals surface area contributed by atoms with E-state index in [1.807, 2.05) is 18.2 Å². The van der Waals surface area contributed by atoms with Crippen LogP contribution in [0.1, 0.15) is 34.3 Å². The van der Waals surface area contributed by atoms with Gasteiger partial charge in [-0.1, -0.05) is 66.7 Å². The molecule has 0 aliphatic heterocycles. The standard InChI is InChI=1S/C35H33FN2O5/c1-42-35(41)31(37-30-13-7-5-11-28(30)33(39)25-9-3-2-4-10-25)23-24-15-19-27(20-16-24)43-22-21-38(34(40)26-17-18-26)32-14-8-6-12-29(32)36/h2-16,19-20,26,31,37H,17-18,21-23H2,1H3. The molecule has 8 heteroatoms. The number of esters is 1. The van der Waals surface area contributed by atoms with Gasteiger partial charge in [0.15, 0.2) is 5.78 Å². The quantitative estimate of drug-likeness (QED) is 0.153. The highest BCUT2D eigenvalue weighted by atomic mass is 19.1. The molecule has 0 spiro atoms. The first-order chi connectivity index (χ1) is 20.9. The summed E-state index contributed by atoms with van der Waals surface area (Å²) in [7, 11) is 1.33. The topological polar surface area (TPSA) is 84.9 Å². The van der Waals surface area contributed by atoms with Gasteiger partial charge in [0.25, 0.3) is 0 Å². The van der Waals surface area contributed by atoms with E-state index in [1.54, 1.807) is 78.9 Å². The van der Waals surface area contributed by atoms with E-state index in [0.29, 0.717) is 29.0 Å². The Labute approximate surface area is 250 Å². The second-order valence-electron chi connectivity index (χ2n) is 10.4. The van der Waals surface area contributed by atoms with Crippen LogP contribution in [0.5, 0.6) is 5.75 Å². The number of benzene rings is 4. The maximum atomic E-state index is 14.5. The van der Waals surface area contributed by atoms with Gasteiger partial charge in [-0.25, -0.2) is 9.18 Å². The highest BCUT2D eigenvalue weighted by Crippen LogP contribution is 2.33. The molecule has 43 heavy (non-hydrogen) atoms. The van der Waals surface area contributed by atoms with Crippen molar-refractivity contribution < 1.29 is 28.2 Å². The molecular weight excluding hydrogens is 547 g/mol. The molecule has 0 aromatic heterocycles. The average molecular weight is 581 g/mol. The number of methoxy groups -OCH3 is 1. The van der Waals surface area contributed by atoms with Gasteiger partial charge in [0.05, 0.1) is 19.3 Å². The largest absolute Gasteiger partial charge is 0.492 e. The van der Waals surface area contributed by atoms with E-state index < -0.39 is 17.8 Å². The molecule has 1 fully saturated rings. The molecule has 0 saturated heterocycles. The van der Waals surface area contributed by atoms with Crippen LogP contribution in [0, 0.1) is 11.7 Å². The number of carbonyl (C=O) groups excluding carboxylic acids is 3. The summed E-state index contributed by atoms with van der Waals surface area (Å²) >= 11 is 0. The zero-order valence-corrected chi connectivity index (χ0v) is 23.9. The van der Waals surface area contributed by atoms with Gasteiger partial charge >= 0.3 is 5.97 Å². The van der Waals surface area contributed by atoms with Gasteiger partial charge in [-0.15, -0.1) is 0 Å².